The molecule has 0 radical (unpaired) electrons. The lowest BCUT2D eigenvalue weighted by Gasteiger charge is -2.25. The van der Waals surface area contributed by atoms with Crippen LogP contribution in [0.25, 0.3) is 0 Å². The molecule has 0 aliphatic carbocycles. The zero-order valence-electron chi connectivity index (χ0n) is 8.85. The second-order valence-corrected chi connectivity index (χ2v) is 4.55. The first kappa shape index (κ1) is 11.7. The molecule has 0 rings (SSSR count). The number of hydrogen-bond donors (Lipinski definition) is 1. The predicted octanol–water partition coefficient (Wildman–Crippen LogP) is 3.14. The molecule has 1 unspecified atom stereocenters. The van der Waals surface area contributed by atoms with E-state index in [1.54, 1.807) is 0 Å². The average Bonchev–Trinajstić information content (AvgIpc) is 1.81. The van der Waals surface area contributed by atoms with E-state index < -0.39 is 5.60 Å². The van der Waals surface area contributed by atoms with Gasteiger partial charge in [-0.25, -0.2) is 0 Å². The molecule has 0 saturated heterocycles. The van der Waals surface area contributed by atoms with Crippen LogP contribution in [0.1, 0.15) is 47.0 Å². The molecule has 1 atom stereocenters. The van der Waals surface area contributed by atoms with Crippen molar-refractivity contribution in [2.24, 2.45) is 5.92 Å². The van der Waals surface area contributed by atoms with Gasteiger partial charge < -0.3 is 5.11 Å². The minimum atomic E-state index is -0.507. The first-order chi connectivity index (χ1) is 5.33. The van der Waals surface area contributed by atoms with Crippen LogP contribution in [0.5, 0.6) is 0 Å². The van der Waals surface area contributed by atoms with Crippen molar-refractivity contribution in [3.8, 4) is 0 Å². The van der Waals surface area contributed by atoms with Gasteiger partial charge in [-0.2, -0.15) is 0 Å². The Bertz CT molecular complexity index is 145. The predicted molar refractivity (Wildman–Crippen MR) is 54.1 cm³/mol. The Labute approximate surface area is 76.5 Å². The van der Waals surface area contributed by atoms with E-state index in [0.717, 1.165) is 24.8 Å². The number of rotatable bonds is 5. The Balaban J connectivity index is 3.78. The van der Waals surface area contributed by atoms with E-state index in [1.807, 2.05) is 13.8 Å². The van der Waals surface area contributed by atoms with Crippen LogP contribution in [0.4, 0.5) is 0 Å². The Morgan fingerprint density at radius 2 is 2.00 bits per heavy atom. The monoisotopic (exact) mass is 170 g/mol. The molecule has 0 bridgehead atoms. The van der Waals surface area contributed by atoms with Crippen LogP contribution in [0.2, 0.25) is 0 Å². The molecule has 0 heterocycles. The molecule has 0 saturated carbocycles. The third-order valence-corrected chi connectivity index (χ3v) is 1.94. The molecule has 0 aromatic rings. The molecule has 1 nitrogen and oxygen atoms in total. The molecule has 1 N–H and O–H groups in total. The van der Waals surface area contributed by atoms with Crippen molar-refractivity contribution < 1.29 is 5.11 Å². The van der Waals surface area contributed by atoms with Crippen molar-refractivity contribution >= 4 is 0 Å². The molecule has 0 aliphatic heterocycles. The quantitative estimate of drug-likeness (QED) is 0.628. The van der Waals surface area contributed by atoms with Crippen molar-refractivity contribution in [3.05, 3.63) is 12.2 Å². The van der Waals surface area contributed by atoms with E-state index in [1.165, 1.54) is 0 Å². The highest BCUT2D eigenvalue weighted by Crippen LogP contribution is 2.22. The molecule has 1 heteroatoms. The highest BCUT2D eigenvalue weighted by molar-refractivity contribution is 4.90. The van der Waals surface area contributed by atoms with E-state index in [2.05, 4.69) is 20.4 Å². The molecule has 0 aromatic carbocycles. The van der Waals surface area contributed by atoms with E-state index in [0.29, 0.717) is 5.92 Å². The Morgan fingerprint density at radius 3 is 2.33 bits per heavy atom. The van der Waals surface area contributed by atoms with Crippen LogP contribution in [0.3, 0.4) is 0 Å². The van der Waals surface area contributed by atoms with Gasteiger partial charge in [-0.3, -0.25) is 0 Å². The third kappa shape index (κ3) is 6.41. The standard InChI is InChI=1S/C11H22O/c1-9(2)6-7-11(5,12)8-10(3)4/h10,12H,1,6-8H2,2-5H3. The Hall–Kier alpha value is -0.300. The lowest BCUT2D eigenvalue weighted by atomic mass is 9.89. The smallest absolute Gasteiger partial charge is 0.0625 e. The van der Waals surface area contributed by atoms with Gasteiger partial charge in [0.2, 0.25) is 0 Å². The van der Waals surface area contributed by atoms with Crippen LogP contribution in [0.15, 0.2) is 12.2 Å². The van der Waals surface area contributed by atoms with Crippen LogP contribution >= 0.6 is 0 Å². The van der Waals surface area contributed by atoms with Crippen LogP contribution in [-0.4, -0.2) is 10.7 Å². The van der Waals surface area contributed by atoms with Crippen molar-refractivity contribution in [2.75, 3.05) is 0 Å². The zero-order valence-corrected chi connectivity index (χ0v) is 8.85. The number of aliphatic hydroxyl groups is 1. The van der Waals surface area contributed by atoms with E-state index >= 15 is 0 Å². The maximum Gasteiger partial charge on any atom is 0.0625 e. The van der Waals surface area contributed by atoms with Crippen LogP contribution in [0, 0.1) is 5.92 Å². The first-order valence-electron chi connectivity index (χ1n) is 4.70. The minimum absolute atomic E-state index is 0.507. The lowest BCUT2D eigenvalue weighted by molar-refractivity contribution is 0.0303. The maximum atomic E-state index is 9.89. The molecule has 0 aliphatic rings. The first-order valence-corrected chi connectivity index (χ1v) is 4.70. The molecule has 72 valence electrons. The second kappa shape index (κ2) is 4.66. The van der Waals surface area contributed by atoms with Gasteiger partial charge in [0.15, 0.2) is 0 Å². The lowest BCUT2D eigenvalue weighted by Crippen LogP contribution is -2.26. The molecular weight excluding hydrogens is 148 g/mol. The highest BCUT2D eigenvalue weighted by Gasteiger charge is 2.20. The van der Waals surface area contributed by atoms with Gasteiger partial charge in [-0.15, -0.1) is 6.58 Å². The normalized spacial score (nSPS) is 16.2. The summed E-state index contributed by atoms with van der Waals surface area (Å²) < 4.78 is 0. The largest absolute Gasteiger partial charge is 0.390 e. The summed E-state index contributed by atoms with van der Waals surface area (Å²) in [5, 5.41) is 9.89. The minimum Gasteiger partial charge on any atom is -0.390 e. The van der Waals surface area contributed by atoms with Crippen LogP contribution < -0.4 is 0 Å². The fourth-order valence-electron chi connectivity index (χ4n) is 1.46. The topological polar surface area (TPSA) is 20.2 Å². The van der Waals surface area contributed by atoms with Gasteiger partial charge in [-0.1, -0.05) is 19.4 Å². The number of allylic oxidation sites excluding steroid dienone is 1. The van der Waals surface area contributed by atoms with Crippen molar-refractivity contribution in [2.45, 2.75) is 52.6 Å². The Morgan fingerprint density at radius 1 is 1.50 bits per heavy atom. The van der Waals surface area contributed by atoms with E-state index in [9.17, 15) is 5.11 Å². The fraction of sp³-hybridized carbons (Fsp3) is 0.818. The Kier molecular flexibility index (Phi) is 4.54. The molecule has 0 fully saturated rings. The third-order valence-electron chi connectivity index (χ3n) is 1.94. The summed E-state index contributed by atoms with van der Waals surface area (Å²) in [6.45, 7) is 12.0. The highest BCUT2D eigenvalue weighted by atomic mass is 16.3. The van der Waals surface area contributed by atoms with Gasteiger partial charge in [0, 0.05) is 0 Å². The SMILES string of the molecule is C=C(C)CCC(C)(O)CC(C)C. The summed E-state index contributed by atoms with van der Waals surface area (Å²) in [5.74, 6) is 0.560. The fourth-order valence-corrected chi connectivity index (χ4v) is 1.46. The van der Waals surface area contributed by atoms with Crippen molar-refractivity contribution in [3.63, 3.8) is 0 Å². The zero-order chi connectivity index (χ0) is 9.78. The molecule has 0 amide bonds. The summed E-state index contributed by atoms with van der Waals surface area (Å²) in [6.07, 6.45) is 2.64. The van der Waals surface area contributed by atoms with Gasteiger partial charge in [0.1, 0.15) is 0 Å². The summed E-state index contributed by atoms with van der Waals surface area (Å²) in [5.41, 5.74) is 0.645. The van der Waals surface area contributed by atoms with Crippen molar-refractivity contribution in [1.82, 2.24) is 0 Å². The molecule has 12 heavy (non-hydrogen) atoms. The van der Waals surface area contributed by atoms with E-state index in [-0.39, 0.29) is 0 Å². The van der Waals surface area contributed by atoms with Gasteiger partial charge >= 0.3 is 0 Å². The second-order valence-electron chi connectivity index (χ2n) is 4.55. The van der Waals surface area contributed by atoms with Crippen LogP contribution in [-0.2, 0) is 0 Å². The summed E-state index contributed by atoms with van der Waals surface area (Å²) >= 11 is 0. The van der Waals surface area contributed by atoms with Crippen molar-refractivity contribution in [1.29, 1.82) is 0 Å². The van der Waals surface area contributed by atoms with Gasteiger partial charge in [0.25, 0.3) is 0 Å². The number of hydrogen-bond acceptors (Lipinski definition) is 1. The summed E-state index contributed by atoms with van der Waals surface area (Å²) in [7, 11) is 0. The van der Waals surface area contributed by atoms with Gasteiger partial charge in [0.05, 0.1) is 5.60 Å². The molecule has 0 spiro atoms. The molecule has 0 aromatic heterocycles. The maximum absolute atomic E-state index is 9.89. The average molecular weight is 170 g/mol. The van der Waals surface area contributed by atoms with Gasteiger partial charge in [-0.05, 0) is 39.0 Å². The molecular formula is C11H22O. The summed E-state index contributed by atoms with van der Waals surface area (Å²) in [4.78, 5) is 0. The van der Waals surface area contributed by atoms with E-state index in [4.69, 9.17) is 0 Å². The summed E-state index contributed by atoms with van der Waals surface area (Å²) in [6, 6.07) is 0.